The Kier molecular flexibility index (Phi) is 6.56. The molecule has 0 aliphatic carbocycles. The molecular weight excluding hydrogens is 445 g/mol. The number of alkyl halides is 3. The van der Waals surface area contributed by atoms with E-state index in [1.807, 2.05) is 10.7 Å². The van der Waals surface area contributed by atoms with Crippen LogP contribution in [-0.4, -0.2) is 23.0 Å². The third kappa shape index (κ3) is 5.61. The molecule has 0 saturated heterocycles. The van der Waals surface area contributed by atoms with Gasteiger partial charge in [0.15, 0.2) is 0 Å². The molecule has 0 unspecified atom stereocenters. The van der Waals surface area contributed by atoms with Crippen molar-refractivity contribution in [3.63, 3.8) is 0 Å². The van der Waals surface area contributed by atoms with Gasteiger partial charge in [0.2, 0.25) is 0 Å². The summed E-state index contributed by atoms with van der Waals surface area (Å²) in [5.41, 5.74) is 1.56. The molecule has 0 aliphatic rings. The van der Waals surface area contributed by atoms with Crippen LogP contribution in [0.1, 0.15) is 16.9 Å². The predicted molar refractivity (Wildman–Crippen MR) is 111 cm³/mol. The monoisotopic (exact) mass is 460 g/mol. The standard InChI is InChI=1S/C21H15F3N4O5/c1-12-16(6-3-7-17(12)28(31)32)18-9-8-15(33-18)11-25-27-20(30)19(29)26-14-5-2-4-13(10-14)21(22,23)24/h2-11H,1H3,(H,26,29)(H,27,30)/b25-11+. The maximum atomic E-state index is 12.7. The first-order valence-corrected chi connectivity index (χ1v) is 9.22. The van der Waals surface area contributed by atoms with Crippen LogP contribution in [0.3, 0.4) is 0 Å². The fourth-order valence-corrected chi connectivity index (χ4v) is 2.82. The normalized spacial score (nSPS) is 11.4. The van der Waals surface area contributed by atoms with E-state index in [1.165, 1.54) is 24.3 Å². The topological polar surface area (TPSA) is 127 Å². The van der Waals surface area contributed by atoms with Gasteiger partial charge in [-0.25, -0.2) is 5.43 Å². The van der Waals surface area contributed by atoms with Gasteiger partial charge in [-0.2, -0.15) is 18.3 Å². The highest BCUT2D eigenvalue weighted by atomic mass is 19.4. The number of nitrogens with zero attached hydrogens (tertiary/aromatic N) is 2. The Bertz CT molecular complexity index is 1250. The molecule has 3 rings (SSSR count). The number of nitro benzene ring substituents is 1. The van der Waals surface area contributed by atoms with Gasteiger partial charge in [-0.05, 0) is 37.3 Å². The molecule has 170 valence electrons. The summed E-state index contributed by atoms with van der Waals surface area (Å²) in [5.74, 6) is -1.94. The largest absolute Gasteiger partial charge is 0.455 e. The summed E-state index contributed by atoms with van der Waals surface area (Å²) in [5, 5.41) is 16.7. The first kappa shape index (κ1) is 23.2. The quantitative estimate of drug-likeness (QED) is 0.254. The SMILES string of the molecule is Cc1c(-c2ccc(/C=N/NC(=O)C(=O)Nc3cccc(C(F)(F)F)c3)o2)cccc1[N+](=O)[O-]. The Hall–Kier alpha value is -4.48. The van der Waals surface area contributed by atoms with E-state index in [9.17, 15) is 32.9 Å². The van der Waals surface area contributed by atoms with Gasteiger partial charge in [-0.3, -0.25) is 19.7 Å². The Balaban J connectivity index is 1.63. The van der Waals surface area contributed by atoms with Gasteiger partial charge in [0, 0.05) is 22.9 Å². The third-order valence-corrected chi connectivity index (χ3v) is 4.41. The van der Waals surface area contributed by atoms with Crippen LogP contribution >= 0.6 is 0 Å². The predicted octanol–water partition coefficient (Wildman–Crippen LogP) is 4.27. The molecule has 12 heteroatoms. The molecule has 0 bridgehead atoms. The van der Waals surface area contributed by atoms with E-state index in [4.69, 9.17) is 4.42 Å². The zero-order valence-corrected chi connectivity index (χ0v) is 16.8. The smallest absolute Gasteiger partial charge is 0.416 e. The van der Waals surface area contributed by atoms with Gasteiger partial charge in [0.05, 0.1) is 16.7 Å². The number of hydrogen-bond acceptors (Lipinski definition) is 6. The minimum absolute atomic E-state index is 0.0711. The van der Waals surface area contributed by atoms with Crippen LogP contribution in [0.2, 0.25) is 0 Å². The Morgan fingerprint density at radius 3 is 2.52 bits per heavy atom. The number of rotatable bonds is 5. The molecule has 0 atom stereocenters. The molecule has 1 heterocycles. The van der Waals surface area contributed by atoms with Crippen molar-refractivity contribution in [1.29, 1.82) is 0 Å². The number of amides is 2. The van der Waals surface area contributed by atoms with Crippen molar-refractivity contribution < 1.29 is 32.1 Å². The number of nitrogens with one attached hydrogen (secondary N) is 2. The summed E-state index contributed by atoms with van der Waals surface area (Å²) < 4.78 is 43.7. The van der Waals surface area contributed by atoms with Crippen LogP contribution < -0.4 is 10.7 Å². The number of hydrogen-bond donors (Lipinski definition) is 2. The molecule has 3 aromatic rings. The summed E-state index contributed by atoms with van der Waals surface area (Å²) in [6, 6.07) is 11.4. The van der Waals surface area contributed by atoms with Crippen LogP contribution in [0.4, 0.5) is 24.5 Å². The van der Waals surface area contributed by atoms with E-state index < -0.39 is 28.5 Å². The molecule has 2 N–H and O–H groups in total. The Morgan fingerprint density at radius 2 is 1.82 bits per heavy atom. The molecule has 0 aliphatic heterocycles. The van der Waals surface area contributed by atoms with Crippen LogP contribution in [0, 0.1) is 17.0 Å². The second-order valence-electron chi connectivity index (χ2n) is 6.64. The van der Waals surface area contributed by atoms with Crippen molar-refractivity contribution in [2.45, 2.75) is 13.1 Å². The van der Waals surface area contributed by atoms with E-state index >= 15 is 0 Å². The molecule has 0 radical (unpaired) electrons. The Labute approximate surface area is 184 Å². The second-order valence-corrected chi connectivity index (χ2v) is 6.64. The highest BCUT2D eigenvalue weighted by molar-refractivity contribution is 6.39. The van der Waals surface area contributed by atoms with E-state index in [2.05, 4.69) is 5.10 Å². The minimum Gasteiger partial charge on any atom is -0.455 e. The van der Waals surface area contributed by atoms with Crippen LogP contribution in [0.25, 0.3) is 11.3 Å². The van der Waals surface area contributed by atoms with Crippen molar-refractivity contribution in [1.82, 2.24) is 5.43 Å². The van der Waals surface area contributed by atoms with Gasteiger partial charge in [-0.1, -0.05) is 18.2 Å². The lowest BCUT2D eigenvalue weighted by molar-refractivity contribution is -0.385. The number of halogens is 3. The lowest BCUT2D eigenvalue weighted by Gasteiger charge is -2.09. The molecular formula is C21H15F3N4O5. The zero-order chi connectivity index (χ0) is 24.2. The molecule has 0 spiro atoms. The van der Waals surface area contributed by atoms with Crippen LogP contribution in [0.5, 0.6) is 0 Å². The van der Waals surface area contributed by atoms with Crippen LogP contribution in [0.15, 0.2) is 64.1 Å². The van der Waals surface area contributed by atoms with Crippen molar-refractivity contribution in [2.24, 2.45) is 5.10 Å². The highest BCUT2D eigenvalue weighted by Gasteiger charge is 2.30. The van der Waals surface area contributed by atoms with Gasteiger partial charge < -0.3 is 9.73 Å². The van der Waals surface area contributed by atoms with Crippen molar-refractivity contribution >= 4 is 29.4 Å². The number of benzene rings is 2. The third-order valence-electron chi connectivity index (χ3n) is 4.41. The summed E-state index contributed by atoms with van der Waals surface area (Å²) in [4.78, 5) is 34.3. The first-order chi connectivity index (χ1) is 15.6. The van der Waals surface area contributed by atoms with E-state index in [0.717, 1.165) is 18.3 Å². The fourth-order valence-electron chi connectivity index (χ4n) is 2.82. The number of carbonyl (C=O) groups excluding carboxylic acids is 2. The molecule has 0 fully saturated rings. The molecule has 2 aromatic carbocycles. The molecule has 1 aromatic heterocycles. The highest BCUT2D eigenvalue weighted by Crippen LogP contribution is 2.31. The fraction of sp³-hybridized carbons (Fsp3) is 0.0952. The second kappa shape index (κ2) is 9.34. The number of carbonyl (C=O) groups is 2. The van der Waals surface area contributed by atoms with Crippen molar-refractivity contribution in [2.75, 3.05) is 5.32 Å². The Morgan fingerprint density at radius 1 is 1.09 bits per heavy atom. The maximum absolute atomic E-state index is 12.7. The summed E-state index contributed by atoms with van der Waals surface area (Å²) >= 11 is 0. The van der Waals surface area contributed by atoms with Gasteiger partial charge >= 0.3 is 18.0 Å². The van der Waals surface area contributed by atoms with Crippen LogP contribution in [-0.2, 0) is 15.8 Å². The lowest BCUT2D eigenvalue weighted by Crippen LogP contribution is -2.32. The van der Waals surface area contributed by atoms with Gasteiger partial charge in [0.25, 0.3) is 5.69 Å². The van der Waals surface area contributed by atoms with Crippen molar-refractivity contribution in [3.05, 3.63) is 81.6 Å². The average molecular weight is 460 g/mol. The summed E-state index contributed by atoms with van der Waals surface area (Å²) in [6.07, 6.45) is -3.51. The molecule has 33 heavy (non-hydrogen) atoms. The number of nitro groups is 1. The molecule has 2 amide bonds. The van der Waals surface area contributed by atoms with Gasteiger partial charge in [0.1, 0.15) is 11.5 Å². The molecule has 0 saturated carbocycles. The van der Waals surface area contributed by atoms with E-state index in [-0.39, 0.29) is 17.1 Å². The first-order valence-electron chi connectivity index (χ1n) is 9.22. The summed E-state index contributed by atoms with van der Waals surface area (Å²) in [6.45, 7) is 1.58. The van der Waals surface area contributed by atoms with E-state index in [1.54, 1.807) is 19.1 Å². The number of furan rings is 1. The lowest BCUT2D eigenvalue weighted by atomic mass is 10.1. The minimum atomic E-state index is -4.60. The summed E-state index contributed by atoms with van der Waals surface area (Å²) in [7, 11) is 0. The zero-order valence-electron chi connectivity index (χ0n) is 16.8. The number of anilines is 1. The van der Waals surface area contributed by atoms with Crippen molar-refractivity contribution in [3.8, 4) is 11.3 Å². The van der Waals surface area contributed by atoms with E-state index in [0.29, 0.717) is 23.0 Å². The van der Waals surface area contributed by atoms with Gasteiger partial charge in [-0.15, -0.1) is 0 Å². The average Bonchev–Trinajstić information content (AvgIpc) is 3.21. The number of hydrazone groups is 1. The molecule has 9 nitrogen and oxygen atoms in total. The maximum Gasteiger partial charge on any atom is 0.416 e.